The Morgan fingerprint density at radius 3 is 1.92 bits per heavy atom. The maximum atomic E-state index is 12.9. The second kappa shape index (κ2) is 16.1. The van der Waals surface area contributed by atoms with Gasteiger partial charge in [-0.1, -0.05) is 32.6 Å². The number of fused-ring (bicyclic) bond motifs is 3. The van der Waals surface area contributed by atoms with E-state index in [0.29, 0.717) is 28.4 Å². The number of amides is 2. The summed E-state index contributed by atoms with van der Waals surface area (Å²) in [6.07, 6.45) is -4.60. The molecule has 0 saturated carbocycles. The molecule has 1 aromatic heterocycles. The quantitative estimate of drug-likeness (QED) is 0.169. The third-order valence-corrected chi connectivity index (χ3v) is 7.26. The number of ether oxygens (including phenoxy) is 3. The first-order chi connectivity index (χ1) is 24.3. The Morgan fingerprint density at radius 1 is 0.745 bits per heavy atom. The van der Waals surface area contributed by atoms with Crippen LogP contribution < -0.4 is 40.8 Å². The van der Waals surface area contributed by atoms with Gasteiger partial charge in [0, 0.05) is 36.6 Å². The summed E-state index contributed by atoms with van der Waals surface area (Å²) < 4.78 is 55.0. The summed E-state index contributed by atoms with van der Waals surface area (Å²) in [6.45, 7) is 7.33. The van der Waals surface area contributed by atoms with Crippen molar-refractivity contribution in [2.24, 2.45) is 5.41 Å². The van der Waals surface area contributed by atoms with Crippen molar-refractivity contribution in [1.82, 2.24) is 25.6 Å². The van der Waals surface area contributed by atoms with E-state index in [4.69, 9.17) is 14.2 Å². The Kier molecular flexibility index (Phi) is 11.4. The van der Waals surface area contributed by atoms with Gasteiger partial charge in [0.1, 0.15) is 24.7 Å². The summed E-state index contributed by atoms with van der Waals surface area (Å²) in [5.41, 5.74) is 1.92. The molecule has 13 nitrogen and oxygen atoms in total. The molecular formula is C35H37F3N8O5. The molecule has 0 unspecified atom stereocenters. The van der Waals surface area contributed by atoms with Gasteiger partial charge in [0.2, 0.25) is 11.9 Å². The summed E-state index contributed by atoms with van der Waals surface area (Å²) in [6, 6.07) is 20.0. The molecule has 3 aromatic carbocycles. The number of carbonyl (C=O) groups is 2. The molecule has 16 heteroatoms. The molecule has 0 aliphatic carbocycles. The van der Waals surface area contributed by atoms with Crippen LogP contribution in [0.3, 0.4) is 0 Å². The van der Waals surface area contributed by atoms with Gasteiger partial charge in [-0.05, 0) is 71.6 Å². The topological polar surface area (TPSA) is 161 Å². The largest absolute Gasteiger partial charge is 0.490 e. The predicted octanol–water partition coefficient (Wildman–Crippen LogP) is 5.44. The van der Waals surface area contributed by atoms with Crippen LogP contribution in [0.1, 0.15) is 29.8 Å². The van der Waals surface area contributed by atoms with Gasteiger partial charge in [0.15, 0.2) is 6.61 Å². The molecule has 0 atom stereocenters. The zero-order valence-corrected chi connectivity index (χ0v) is 27.9. The van der Waals surface area contributed by atoms with Crippen LogP contribution in [0.4, 0.5) is 36.4 Å². The normalized spacial score (nSPS) is 15.8. The second-order valence-electron chi connectivity index (χ2n) is 12.2. The number of hydrogen-bond acceptors (Lipinski definition) is 11. The number of benzene rings is 3. The molecule has 0 radical (unpaired) electrons. The van der Waals surface area contributed by atoms with E-state index in [1.54, 1.807) is 60.7 Å². The highest BCUT2D eigenvalue weighted by atomic mass is 19.4. The van der Waals surface area contributed by atoms with E-state index in [-0.39, 0.29) is 56.3 Å². The minimum absolute atomic E-state index is 0.0274. The number of alkyl halides is 3. The van der Waals surface area contributed by atoms with E-state index in [2.05, 4.69) is 48.1 Å². The molecule has 4 aliphatic rings. The van der Waals surface area contributed by atoms with Gasteiger partial charge in [-0.3, -0.25) is 9.59 Å². The van der Waals surface area contributed by atoms with Crippen molar-refractivity contribution in [3.8, 4) is 17.5 Å². The van der Waals surface area contributed by atoms with Crippen LogP contribution in [-0.2, 0) is 11.3 Å². The molecule has 268 valence electrons. The summed E-state index contributed by atoms with van der Waals surface area (Å²) >= 11 is 0. The van der Waals surface area contributed by atoms with Crippen LogP contribution >= 0.6 is 0 Å². The average molecular weight is 707 g/mol. The number of halogens is 3. The number of hydrogen-bond donors (Lipinski definition) is 5. The molecule has 5 N–H and O–H groups in total. The first-order valence-corrected chi connectivity index (χ1v) is 15.8. The van der Waals surface area contributed by atoms with Crippen molar-refractivity contribution in [3.05, 3.63) is 96.2 Å². The molecule has 2 amide bonds. The molecule has 0 saturated heterocycles. The van der Waals surface area contributed by atoms with Crippen LogP contribution in [0, 0.1) is 5.41 Å². The minimum atomic E-state index is -4.60. The highest BCUT2D eigenvalue weighted by molar-refractivity contribution is 5.96. The average Bonchev–Trinajstić information content (AvgIpc) is 3.10. The number of nitrogens with zero attached hydrogens (tertiary/aromatic N) is 3. The third-order valence-electron chi connectivity index (χ3n) is 7.26. The molecule has 0 fully saturated rings. The van der Waals surface area contributed by atoms with Gasteiger partial charge in [0.25, 0.3) is 11.8 Å². The van der Waals surface area contributed by atoms with Crippen molar-refractivity contribution in [2.75, 3.05) is 48.9 Å². The molecule has 4 aliphatic heterocycles. The van der Waals surface area contributed by atoms with Gasteiger partial charge in [-0.25, -0.2) is 0 Å². The van der Waals surface area contributed by atoms with Gasteiger partial charge in [-0.15, -0.1) is 0 Å². The first kappa shape index (κ1) is 36.2. The fourth-order valence-corrected chi connectivity index (χ4v) is 4.52. The van der Waals surface area contributed by atoms with Gasteiger partial charge < -0.3 is 40.8 Å². The van der Waals surface area contributed by atoms with E-state index in [1.807, 2.05) is 26.0 Å². The highest BCUT2D eigenvalue weighted by Gasteiger charge is 2.29. The zero-order chi connectivity index (χ0) is 36.4. The lowest BCUT2D eigenvalue weighted by atomic mass is 9.93. The molecule has 8 bridgehead atoms. The lowest BCUT2D eigenvalue weighted by molar-refractivity contribution is -0.154. The predicted molar refractivity (Wildman–Crippen MR) is 184 cm³/mol. The van der Waals surface area contributed by atoms with Crippen molar-refractivity contribution in [1.29, 1.82) is 0 Å². The van der Waals surface area contributed by atoms with E-state index in [0.717, 1.165) is 5.56 Å². The molecular weight excluding hydrogens is 669 g/mol. The maximum absolute atomic E-state index is 12.9. The third kappa shape index (κ3) is 11.5. The fraction of sp³-hybridized carbons (Fsp3) is 0.286. The smallest absolute Gasteiger partial charge is 0.422 e. The summed E-state index contributed by atoms with van der Waals surface area (Å²) in [4.78, 5) is 37.9. The number of nitrogens with one attached hydrogen (secondary N) is 5. The van der Waals surface area contributed by atoms with Crippen molar-refractivity contribution < 1.29 is 37.0 Å². The maximum Gasteiger partial charge on any atom is 0.422 e. The summed E-state index contributed by atoms with van der Waals surface area (Å²) in [5, 5.41) is 14.6. The lowest BCUT2D eigenvalue weighted by Gasteiger charge is -2.25. The summed E-state index contributed by atoms with van der Waals surface area (Å²) in [7, 11) is 0. The Balaban J connectivity index is 1.33. The number of aromatic nitrogens is 3. The van der Waals surface area contributed by atoms with Crippen LogP contribution in [0.5, 0.6) is 17.5 Å². The monoisotopic (exact) mass is 706 g/mol. The second-order valence-corrected chi connectivity index (χ2v) is 12.2. The van der Waals surface area contributed by atoms with Crippen LogP contribution in [0.25, 0.3) is 0 Å². The van der Waals surface area contributed by atoms with E-state index < -0.39 is 30.1 Å². The van der Waals surface area contributed by atoms with E-state index in [9.17, 15) is 22.8 Å². The van der Waals surface area contributed by atoms with E-state index >= 15 is 0 Å². The Hall–Kier alpha value is -6.06. The zero-order valence-electron chi connectivity index (χ0n) is 27.9. The van der Waals surface area contributed by atoms with Gasteiger partial charge >= 0.3 is 12.2 Å². The minimum Gasteiger partial charge on any atom is -0.490 e. The first-order valence-electron chi connectivity index (χ1n) is 15.8. The van der Waals surface area contributed by atoms with Crippen molar-refractivity contribution in [3.63, 3.8) is 0 Å². The van der Waals surface area contributed by atoms with Gasteiger partial charge in [0.05, 0.1) is 5.70 Å². The molecule has 51 heavy (non-hydrogen) atoms. The SMILES string of the molecule is C=C1Nc2ccc(cc2)OCCOc2ccc(cc2)CNc2nc(nc(OCC(F)(F)F)n2)Nc2ccc(cc2)C(=O)NCC(C)(C)CNC1=O. The number of anilines is 4. The van der Waals surface area contributed by atoms with Crippen LogP contribution in [0.2, 0.25) is 0 Å². The van der Waals surface area contributed by atoms with Crippen LogP contribution in [-0.4, -0.2) is 65.9 Å². The summed E-state index contributed by atoms with van der Waals surface area (Å²) in [5.74, 6) is 0.373. The van der Waals surface area contributed by atoms with Crippen molar-refractivity contribution >= 4 is 35.1 Å². The Morgan fingerprint density at radius 2 is 1.29 bits per heavy atom. The van der Waals surface area contributed by atoms with Crippen LogP contribution in [0.15, 0.2) is 85.1 Å². The fourth-order valence-electron chi connectivity index (χ4n) is 4.52. The molecule has 5 heterocycles. The van der Waals surface area contributed by atoms with E-state index in [1.165, 1.54) is 0 Å². The Labute approximate surface area is 292 Å². The molecule has 4 aromatic rings. The lowest BCUT2D eigenvalue weighted by Crippen LogP contribution is -2.42. The molecule has 0 spiro atoms. The standard InChI is InChI=1S/C35H37F3N8O5/c1-22-29(47)40-19-34(2,3)20-41-30(48)24-6-8-26(9-7-24)43-32-44-31(45-33(46-32)51-21-35(36,37)38)39-18-23-4-12-27(13-5-23)49-16-17-50-28-14-10-25(42-22)11-15-28/h4-15,42H,1,16-21H2,2-3H3,(H,40,47)(H,41,48)(H2,39,43,44,45,46). The van der Waals surface area contributed by atoms with Gasteiger partial charge in [-0.2, -0.15) is 28.1 Å². The molecule has 8 rings (SSSR count). The number of carbonyl (C=O) groups excluding carboxylic acids is 2. The Bertz CT molecular complexity index is 1820. The number of rotatable bonds is 2. The van der Waals surface area contributed by atoms with Crippen molar-refractivity contribution in [2.45, 2.75) is 26.6 Å². The highest BCUT2D eigenvalue weighted by Crippen LogP contribution is 2.22.